The molecule has 0 rings (SSSR count). The van der Waals surface area contributed by atoms with Crippen LogP contribution in [-0.2, 0) is 4.79 Å². The van der Waals surface area contributed by atoms with Gasteiger partial charge in [0.2, 0.25) is 0 Å². The molecule has 0 radical (unpaired) electrons. The van der Waals surface area contributed by atoms with Gasteiger partial charge in [0.05, 0.1) is 0 Å². The van der Waals surface area contributed by atoms with Gasteiger partial charge in [0.15, 0.2) is 0 Å². The second kappa shape index (κ2) is 2.54. The van der Waals surface area contributed by atoms with E-state index < -0.39 is 12.0 Å². The molecular formula is C3H8N2O2. The Morgan fingerprint density at radius 1 is 2.00 bits per heavy atom. The van der Waals surface area contributed by atoms with E-state index in [2.05, 4.69) is 5.84 Å². The van der Waals surface area contributed by atoms with Crippen LogP contribution in [0.4, 0.5) is 0 Å². The molecule has 0 aromatic heterocycles. The highest BCUT2D eigenvalue weighted by atomic mass is 16.3. The summed E-state index contributed by atoms with van der Waals surface area (Å²) in [5.74, 6) is 4.04. The number of hydrogen-bond donors (Lipinski definition) is 3. The zero-order valence-corrected chi connectivity index (χ0v) is 4.01. The first-order valence-electron chi connectivity index (χ1n) is 1.87. The molecule has 4 N–H and O–H groups in total. The summed E-state index contributed by atoms with van der Waals surface area (Å²) < 4.78 is 0. The number of rotatable bonds is 1. The highest BCUT2D eigenvalue weighted by molar-refractivity contribution is 5.79. The zero-order chi connectivity index (χ0) is 5.86. The maximum atomic E-state index is 10.0. The van der Waals surface area contributed by atoms with Crippen LogP contribution in [0.3, 0.4) is 0 Å². The Morgan fingerprint density at radius 3 is 2.43 bits per heavy atom. The number of hydrogen-bond acceptors (Lipinski definition) is 3. The summed E-state index contributed by atoms with van der Waals surface area (Å²) in [7, 11) is 0. The van der Waals surface area contributed by atoms with Gasteiger partial charge in [0, 0.05) is 0 Å². The lowest BCUT2D eigenvalue weighted by Gasteiger charge is -1.97. The van der Waals surface area contributed by atoms with Gasteiger partial charge in [-0.3, -0.25) is 10.2 Å². The molecule has 0 saturated heterocycles. The predicted octanol–water partition coefficient (Wildman–Crippen LogP) is -1.64. The Kier molecular flexibility index (Phi) is 2.32. The number of nitrogens with two attached hydrogens (primary N) is 1. The van der Waals surface area contributed by atoms with E-state index in [1.54, 1.807) is 5.43 Å². The number of carbonyl (C=O) groups is 1. The zero-order valence-electron chi connectivity index (χ0n) is 4.01. The molecule has 0 heterocycles. The Balaban J connectivity index is 3.35. The van der Waals surface area contributed by atoms with E-state index in [0.717, 1.165) is 0 Å². The monoisotopic (exact) mass is 104 g/mol. The molecular weight excluding hydrogens is 96.0 g/mol. The molecule has 0 saturated carbocycles. The van der Waals surface area contributed by atoms with E-state index in [1.165, 1.54) is 6.92 Å². The van der Waals surface area contributed by atoms with Gasteiger partial charge in [-0.05, 0) is 6.92 Å². The molecule has 4 nitrogen and oxygen atoms in total. The fourth-order valence-electron chi connectivity index (χ4n) is 0.121. The third-order valence-electron chi connectivity index (χ3n) is 0.522. The van der Waals surface area contributed by atoms with Crippen molar-refractivity contribution in [2.45, 2.75) is 13.0 Å². The average Bonchev–Trinajstić information content (AvgIpc) is 1.65. The molecule has 1 atom stereocenters. The van der Waals surface area contributed by atoms with Crippen LogP contribution in [0.15, 0.2) is 0 Å². The smallest absolute Gasteiger partial charge is 0.262 e. The number of aliphatic hydroxyl groups is 1. The Morgan fingerprint density at radius 2 is 2.43 bits per heavy atom. The molecule has 0 aromatic rings. The first-order chi connectivity index (χ1) is 3.18. The van der Waals surface area contributed by atoms with Crippen LogP contribution in [0.1, 0.15) is 6.92 Å². The van der Waals surface area contributed by atoms with Crippen LogP contribution in [0.5, 0.6) is 0 Å². The Labute approximate surface area is 41.3 Å². The number of amides is 1. The van der Waals surface area contributed by atoms with E-state index in [1.807, 2.05) is 0 Å². The Bertz CT molecular complexity index is 71.3. The molecule has 0 aliphatic heterocycles. The van der Waals surface area contributed by atoms with Gasteiger partial charge in [-0.1, -0.05) is 0 Å². The van der Waals surface area contributed by atoms with E-state index >= 15 is 0 Å². The van der Waals surface area contributed by atoms with Gasteiger partial charge in [0.1, 0.15) is 6.10 Å². The van der Waals surface area contributed by atoms with Crippen LogP contribution in [0.25, 0.3) is 0 Å². The molecule has 0 spiro atoms. The molecule has 0 aliphatic carbocycles. The van der Waals surface area contributed by atoms with Crippen molar-refractivity contribution in [3.05, 3.63) is 0 Å². The van der Waals surface area contributed by atoms with E-state index in [9.17, 15) is 4.79 Å². The SMILES string of the molecule is CC(O)C(=O)NN. The lowest BCUT2D eigenvalue weighted by atomic mass is 10.4. The van der Waals surface area contributed by atoms with Gasteiger partial charge < -0.3 is 5.11 Å². The predicted molar refractivity (Wildman–Crippen MR) is 24.0 cm³/mol. The average molecular weight is 104 g/mol. The Hall–Kier alpha value is -0.610. The second-order valence-corrected chi connectivity index (χ2v) is 1.18. The van der Waals surface area contributed by atoms with Gasteiger partial charge in [0.25, 0.3) is 5.91 Å². The van der Waals surface area contributed by atoms with Crippen molar-refractivity contribution in [3.63, 3.8) is 0 Å². The minimum atomic E-state index is -1.01. The summed E-state index contributed by atoms with van der Waals surface area (Å²) in [6.45, 7) is 1.34. The molecule has 0 fully saturated rings. The maximum Gasteiger partial charge on any atom is 0.262 e. The lowest BCUT2D eigenvalue weighted by Crippen LogP contribution is -2.37. The van der Waals surface area contributed by atoms with Crippen molar-refractivity contribution in [3.8, 4) is 0 Å². The molecule has 1 unspecified atom stereocenters. The quantitative estimate of drug-likeness (QED) is 0.212. The lowest BCUT2D eigenvalue weighted by molar-refractivity contribution is -0.128. The minimum absolute atomic E-state index is 0.569. The highest BCUT2D eigenvalue weighted by Crippen LogP contribution is 1.73. The minimum Gasteiger partial charge on any atom is -0.384 e. The second-order valence-electron chi connectivity index (χ2n) is 1.18. The summed E-state index contributed by atoms with van der Waals surface area (Å²) in [6.07, 6.45) is -1.01. The molecule has 0 aromatic carbocycles. The number of carbonyl (C=O) groups excluding carboxylic acids is 1. The van der Waals surface area contributed by atoms with E-state index in [4.69, 9.17) is 5.11 Å². The summed E-state index contributed by atoms with van der Waals surface area (Å²) in [4.78, 5) is 10.0. The molecule has 4 heteroatoms. The summed E-state index contributed by atoms with van der Waals surface area (Å²) in [5, 5.41) is 8.33. The number of aliphatic hydroxyl groups excluding tert-OH is 1. The van der Waals surface area contributed by atoms with Crippen molar-refractivity contribution in [2.24, 2.45) is 5.84 Å². The van der Waals surface area contributed by atoms with Crippen LogP contribution in [-0.4, -0.2) is 17.1 Å². The van der Waals surface area contributed by atoms with Gasteiger partial charge in [-0.25, -0.2) is 5.84 Å². The third-order valence-corrected chi connectivity index (χ3v) is 0.522. The van der Waals surface area contributed by atoms with Crippen LogP contribution in [0.2, 0.25) is 0 Å². The summed E-state index contributed by atoms with van der Waals surface area (Å²) in [6, 6.07) is 0. The number of hydrazine groups is 1. The largest absolute Gasteiger partial charge is 0.384 e. The van der Waals surface area contributed by atoms with Gasteiger partial charge >= 0.3 is 0 Å². The first-order valence-corrected chi connectivity index (χ1v) is 1.87. The molecule has 7 heavy (non-hydrogen) atoms. The fraction of sp³-hybridized carbons (Fsp3) is 0.667. The molecule has 42 valence electrons. The third kappa shape index (κ3) is 2.13. The highest BCUT2D eigenvalue weighted by Gasteiger charge is 2.03. The summed E-state index contributed by atoms with van der Waals surface area (Å²) in [5.41, 5.74) is 1.78. The number of nitrogens with one attached hydrogen (secondary N) is 1. The fourth-order valence-corrected chi connectivity index (χ4v) is 0.121. The topological polar surface area (TPSA) is 75.3 Å². The normalized spacial score (nSPS) is 13.0. The molecule has 0 aliphatic rings. The van der Waals surface area contributed by atoms with Crippen molar-refractivity contribution >= 4 is 5.91 Å². The van der Waals surface area contributed by atoms with Crippen LogP contribution < -0.4 is 11.3 Å². The van der Waals surface area contributed by atoms with Gasteiger partial charge in [-0.15, -0.1) is 0 Å². The maximum absolute atomic E-state index is 10.0. The van der Waals surface area contributed by atoms with E-state index in [0.29, 0.717) is 0 Å². The molecule has 1 amide bonds. The standard InChI is InChI=1S/C3H8N2O2/c1-2(6)3(7)5-4/h2,6H,4H2,1H3,(H,5,7). The van der Waals surface area contributed by atoms with E-state index in [-0.39, 0.29) is 0 Å². The molecule has 0 bridgehead atoms. The van der Waals surface area contributed by atoms with Crippen molar-refractivity contribution in [1.82, 2.24) is 5.43 Å². The van der Waals surface area contributed by atoms with Crippen molar-refractivity contribution in [1.29, 1.82) is 0 Å². The van der Waals surface area contributed by atoms with Crippen LogP contribution in [0, 0.1) is 0 Å². The first kappa shape index (κ1) is 6.39. The van der Waals surface area contributed by atoms with Crippen molar-refractivity contribution < 1.29 is 9.90 Å². The van der Waals surface area contributed by atoms with Crippen LogP contribution >= 0.6 is 0 Å². The summed E-state index contributed by atoms with van der Waals surface area (Å²) >= 11 is 0. The van der Waals surface area contributed by atoms with Crippen molar-refractivity contribution in [2.75, 3.05) is 0 Å². The van der Waals surface area contributed by atoms with Gasteiger partial charge in [-0.2, -0.15) is 0 Å².